The lowest BCUT2D eigenvalue weighted by Crippen LogP contribution is -2.35. The van der Waals surface area contributed by atoms with Gasteiger partial charge in [-0.25, -0.2) is 0 Å². The average molecular weight is 180 g/mol. The predicted octanol–water partition coefficient (Wildman–Crippen LogP) is 4.10. The third-order valence-corrected chi connectivity index (χ3v) is 5.43. The second-order valence-corrected chi connectivity index (χ2v) is 5.98. The molecule has 0 radical (unpaired) electrons. The highest BCUT2D eigenvalue weighted by Gasteiger charge is 2.50. The third-order valence-electron chi connectivity index (χ3n) is 5.43. The molecule has 0 aromatic rings. The zero-order valence-electron chi connectivity index (χ0n) is 9.64. The smallest absolute Gasteiger partial charge is 0.0267 e. The number of hydrogen-bond acceptors (Lipinski definition) is 0. The fraction of sp³-hybridized carbons (Fsp3) is 1.00. The normalized spacial score (nSPS) is 56.3. The molecule has 13 heavy (non-hydrogen) atoms. The summed E-state index contributed by atoms with van der Waals surface area (Å²) in [4.78, 5) is 0. The molecule has 5 atom stereocenters. The summed E-state index contributed by atoms with van der Waals surface area (Å²) in [6.45, 7) is 9.98. The molecule has 0 aliphatic heterocycles. The van der Waals surface area contributed by atoms with Crippen molar-refractivity contribution in [2.24, 2.45) is 29.1 Å². The van der Waals surface area contributed by atoms with Crippen LogP contribution >= 0.6 is 0 Å². The summed E-state index contributed by atoms with van der Waals surface area (Å²) < 4.78 is 0. The van der Waals surface area contributed by atoms with E-state index in [4.69, 9.17) is 0 Å². The molecule has 2 fully saturated rings. The van der Waals surface area contributed by atoms with E-state index in [2.05, 4.69) is 27.7 Å². The molecule has 0 N–H and O–H groups in total. The molecule has 0 heterocycles. The minimum Gasteiger partial charge on any atom is -0.0622 e. The first kappa shape index (κ1) is 9.55. The van der Waals surface area contributed by atoms with Gasteiger partial charge in [-0.3, -0.25) is 0 Å². The van der Waals surface area contributed by atoms with Crippen LogP contribution in [-0.2, 0) is 0 Å². The van der Waals surface area contributed by atoms with E-state index in [1.54, 1.807) is 0 Å². The van der Waals surface area contributed by atoms with Gasteiger partial charge in [-0.05, 0) is 41.9 Å². The first-order chi connectivity index (χ1) is 6.05. The van der Waals surface area contributed by atoms with Crippen LogP contribution in [0.1, 0.15) is 53.4 Å². The van der Waals surface area contributed by atoms with Gasteiger partial charge in [-0.1, -0.05) is 40.5 Å². The highest BCUT2D eigenvalue weighted by atomic mass is 14.6. The minimum absolute atomic E-state index is 0.692. The summed E-state index contributed by atoms with van der Waals surface area (Å²) in [6.07, 6.45) is 5.96. The van der Waals surface area contributed by atoms with Crippen LogP contribution in [-0.4, -0.2) is 0 Å². The van der Waals surface area contributed by atoms with E-state index in [1.807, 2.05) is 0 Å². The standard InChI is InChI=1S/C13H24/c1-9-6-5-7-13(4)11(3)10(2)8-12(9)13/h9-12H,5-8H2,1-4H3. The van der Waals surface area contributed by atoms with Crippen molar-refractivity contribution in [2.45, 2.75) is 53.4 Å². The van der Waals surface area contributed by atoms with Crippen molar-refractivity contribution in [1.29, 1.82) is 0 Å². The number of hydrogen-bond donors (Lipinski definition) is 0. The second kappa shape index (κ2) is 3.00. The maximum Gasteiger partial charge on any atom is -0.0267 e. The SMILES string of the molecule is CC1CC2C(C)CCCC2(C)C1C. The molecule has 2 rings (SSSR count). The zero-order valence-corrected chi connectivity index (χ0v) is 9.64. The molecule has 0 nitrogen and oxygen atoms in total. The molecular formula is C13H24. The largest absolute Gasteiger partial charge is 0.0622 e. The van der Waals surface area contributed by atoms with E-state index in [9.17, 15) is 0 Å². The summed E-state index contributed by atoms with van der Waals surface area (Å²) in [5.74, 6) is 3.95. The lowest BCUT2D eigenvalue weighted by atomic mass is 9.62. The fourth-order valence-corrected chi connectivity index (χ4v) is 4.16. The average Bonchev–Trinajstić information content (AvgIpc) is 2.30. The van der Waals surface area contributed by atoms with Gasteiger partial charge in [-0.2, -0.15) is 0 Å². The van der Waals surface area contributed by atoms with Gasteiger partial charge in [0, 0.05) is 0 Å². The Morgan fingerprint density at radius 2 is 1.77 bits per heavy atom. The van der Waals surface area contributed by atoms with Crippen molar-refractivity contribution in [3.05, 3.63) is 0 Å². The summed E-state index contributed by atoms with van der Waals surface area (Å²) in [6, 6.07) is 0. The first-order valence-corrected chi connectivity index (χ1v) is 6.05. The van der Waals surface area contributed by atoms with Crippen LogP contribution in [0, 0.1) is 29.1 Å². The van der Waals surface area contributed by atoms with Crippen LogP contribution in [0.3, 0.4) is 0 Å². The highest BCUT2D eigenvalue weighted by molar-refractivity contribution is 5.00. The van der Waals surface area contributed by atoms with Gasteiger partial charge in [0.05, 0.1) is 0 Å². The minimum atomic E-state index is 0.692. The lowest BCUT2D eigenvalue weighted by molar-refractivity contribution is 0.0628. The molecule has 0 amide bonds. The topological polar surface area (TPSA) is 0 Å². The molecule has 5 unspecified atom stereocenters. The van der Waals surface area contributed by atoms with Gasteiger partial charge in [0.25, 0.3) is 0 Å². The monoisotopic (exact) mass is 180 g/mol. The van der Waals surface area contributed by atoms with E-state index in [1.165, 1.54) is 25.7 Å². The van der Waals surface area contributed by atoms with Crippen molar-refractivity contribution in [1.82, 2.24) is 0 Å². The molecule has 0 aromatic carbocycles. The van der Waals surface area contributed by atoms with Gasteiger partial charge in [0.1, 0.15) is 0 Å². The molecule has 76 valence electrons. The molecule has 2 aliphatic rings. The van der Waals surface area contributed by atoms with Crippen LogP contribution in [0.15, 0.2) is 0 Å². The molecule has 2 aliphatic carbocycles. The summed E-state index contributed by atoms with van der Waals surface area (Å²) in [7, 11) is 0. The fourth-order valence-electron chi connectivity index (χ4n) is 4.16. The van der Waals surface area contributed by atoms with Gasteiger partial charge >= 0.3 is 0 Å². The Balaban J connectivity index is 2.24. The Kier molecular flexibility index (Phi) is 2.20. The van der Waals surface area contributed by atoms with E-state index in [0.29, 0.717) is 5.41 Å². The second-order valence-electron chi connectivity index (χ2n) is 5.98. The Hall–Kier alpha value is 0. The number of fused-ring (bicyclic) bond motifs is 1. The lowest BCUT2D eigenvalue weighted by Gasteiger charge is -2.43. The van der Waals surface area contributed by atoms with Crippen molar-refractivity contribution in [3.8, 4) is 0 Å². The maximum atomic E-state index is 2.56. The van der Waals surface area contributed by atoms with Crippen molar-refractivity contribution >= 4 is 0 Å². The summed E-state index contributed by atoms with van der Waals surface area (Å²) >= 11 is 0. The Labute approximate surface area is 83.1 Å². The Morgan fingerprint density at radius 1 is 1.08 bits per heavy atom. The van der Waals surface area contributed by atoms with Crippen molar-refractivity contribution in [3.63, 3.8) is 0 Å². The quantitative estimate of drug-likeness (QED) is 0.526. The molecule has 0 heteroatoms. The first-order valence-electron chi connectivity index (χ1n) is 6.05. The van der Waals surface area contributed by atoms with Gasteiger partial charge in [0.15, 0.2) is 0 Å². The zero-order chi connectivity index (χ0) is 9.64. The van der Waals surface area contributed by atoms with E-state index < -0.39 is 0 Å². The molecule has 2 saturated carbocycles. The Morgan fingerprint density at radius 3 is 2.38 bits per heavy atom. The molecule has 0 aromatic heterocycles. The predicted molar refractivity (Wildman–Crippen MR) is 57.6 cm³/mol. The number of rotatable bonds is 0. The van der Waals surface area contributed by atoms with Crippen LogP contribution in [0.25, 0.3) is 0 Å². The van der Waals surface area contributed by atoms with E-state index in [-0.39, 0.29) is 0 Å². The van der Waals surface area contributed by atoms with Crippen LogP contribution in [0.4, 0.5) is 0 Å². The van der Waals surface area contributed by atoms with Gasteiger partial charge < -0.3 is 0 Å². The van der Waals surface area contributed by atoms with Crippen molar-refractivity contribution < 1.29 is 0 Å². The summed E-state index contributed by atoms with van der Waals surface area (Å²) in [5.41, 5.74) is 0.692. The van der Waals surface area contributed by atoms with E-state index >= 15 is 0 Å². The van der Waals surface area contributed by atoms with Gasteiger partial charge in [-0.15, -0.1) is 0 Å². The maximum absolute atomic E-state index is 2.56. The van der Waals surface area contributed by atoms with Crippen LogP contribution in [0.2, 0.25) is 0 Å². The van der Waals surface area contributed by atoms with E-state index in [0.717, 1.165) is 23.7 Å². The van der Waals surface area contributed by atoms with Crippen molar-refractivity contribution in [2.75, 3.05) is 0 Å². The van der Waals surface area contributed by atoms with Gasteiger partial charge in [0.2, 0.25) is 0 Å². The third kappa shape index (κ3) is 1.25. The van der Waals surface area contributed by atoms with Crippen LogP contribution in [0.5, 0.6) is 0 Å². The van der Waals surface area contributed by atoms with Crippen LogP contribution < -0.4 is 0 Å². The molecule has 0 bridgehead atoms. The molecule has 0 saturated heterocycles. The molecular weight excluding hydrogens is 156 g/mol. The summed E-state index contributed by atoms with van der Waals surface area (Å²) in [5, 5.41) is 0. The Bertz CT molecular complexity index is 196. The highest BCUT2D eigenvalue weighted by Crippen LogP contribution is 2.59. The molecule has 0 spiro atoms.